The molecule has 0 amide bonds. The lowest BCUT2D eigenvalue weighted by molar-refractivity contribution is -0.711. The van der Waals surface area contributed by atoms with Crippen molar-refractivity contribution in [3.05, 3.63) is 49.6 Å². The van der Waals surface area contributed by atoms with E-state index in [1.54, 1.807) is 13.0 Å². The number of benzene rings is 1. The number of nitrogens with zero attached hydrogens (tertiary/aromatic N) is 3. The molecule has 1 aromatic rings. The van der Waals surface area contributed by atoms with Crippen molar-refractivity contribution in [2.45, 2.75) is 13.8 Å². The van der Waals surface area contributed by atoms with Crippen molar-refractivity contribution in [3.63, 3.8) is 0 Å². The van der Waals surface area contributed by atoms with E-state index in [0.29, 0.717) is 0 Å². The van der Waals surface area contributed by atoms with Gasteiger partial charge in [0.05, 0.1) is 0 Å². The Hall–Kier alpha value is -2.18. The minimum Gasteiger partial charge on any atom is -0.230 e. The Morgan fingerprint density at radius 3 is 2.00 bits per heavy atom. The SMILES string of the molecule is Cc1ccc(N([N+](=O)[O-])[N+](=O)[O-])cc1C. The van der Waals surface area contributed by atoms with E-state index in [4.69, 9.17) is 0 Å². The van der Waals surface area contributed by atoms with Gasteiger partial charge in [0.1, 0.15) is 0 Å². The van der Waals surface area contributed by atoms with Crippen molar-refractivity contribution in [1.82, 2.24) is 0 Å². The van der Waals surface area contributed by atoms with E-state index < -0.39 is 10.1 Å². The van der Waals surface area contributed by atoms with Gasteiger partial charge in [-0.05, 0) is 37.1 Å². The standard InChI is InChI=1S/C8H9N3O4/c1-6-3-4-8(5-7(6)2)9(10(12)13)11(14)15/h3-5H,1-2H3. The van der Waals surface area contributed by atoms with Gasteiger partial charge in [0.2, 0.25) is 10.1 Å². The molecule has 7 nitrogen and oxygen atoms in total. The first-order chi connectivity index (χ1) is 6.93. The van der Waals surface area contributed by atoms with Gasteiger partial charge in [0.15, 0.2) is 10.8 Å². The van der Waals surface area contributed by atoms with Crippen LogP contribution in [0.1, 0.15) is 11.1 Å². The van der Waals surface area contributed by atoms with E-state index in [1.807, 2.05) is 6.92 Å². The molecule has 0 spiro atoms. The number of anilines is 1. The van der Waals surface area contributed by atoms with Crippen LogP contribution in [0.3, 0.4) is 0 Å². The van der Waals surface area contributed by atoms with Crippen molar-refractivity contribution in [1.29, 1.82) is 0 Å². The lowest BCUT2D eigenvalue weighted by Gasteiger charge is -2.05. The maximum Gasteiger partial charge on any atom is 0.228 e. The van der Waals surface area contributed by atoms with Crippen LogP contribution in [-0.2, 0) is 0 Å². The van der Waals surface area contributed by atoms with Crippen LogP contribution in [0.2, 0.25) is 0 Å². The van der Waals surface area contributed by atoms with E-state index in [1.165, 1.54) is 12.1 Å². The first-order valence-corrected chi connectivity index (χ1v) is 4.09. The molecule has 0 N–H and O–H groups in total. The van der Waals surface area contributed by atoms with E-state index in [-0.39, 0.29) is 10.8 Å². The smallest absolute Gasteiger partial charge is 0.228 e. The molecule has 0 fully saturated rings. The van der Waals surface area contributed by atoms with Gasteiger partial charge in [0.25, 0.3) is 0 Å². The molecule has 0 radical (unpaired) electrons. The van der Waals surface area contributed by atoms with Crippen LogP contribution in [0.5, 0.6) is 0 Å². The van der Waals surface area contributed by atoms with Gasteiger partial charge < -0.3 is 0 Å². The minimum atomic E-state index is -1.07. The second-order valence-electron chi connectivity index (χ2n) is 3.03. The molecule has 0 unspecified atom stereocenters. The van der Waals surface area contributed by atoms with E-state index in [2.05, 4.69) is 0 Å². The molecule has 15 heavy (non-hydrogen) atoms. The van der Waals surface area contributed by atoms with E-state index in [9.17, 15) is 20.2 Å². The molecule has 0 bridgehead atoms. The average molecular weight is 211 g/mol. The highest BCUT2D eigenvalue weighted by Gasteiger charge is 2.29. The van der Waals surface area contributed by atoms with Gasteiger partial charge in [0, 0.05) is 0 Å². The number of hydrogen-bond acceptors (Lipinski definition) is 4. The molecule has 0 saturated carbocycles. The van der Waals surface area contributed by atoms with Crippen molar-refractivity contribution >= 4 is 5.69 Å². The number of hydrazine groups is 2. The molecule has 0 aliphatic heterocycles. The van der Waals surface area contributed by atoms with Crippen molar-refractivity contribution in [3.8, 4) is 0 Å². The van der Waals surface area contributed by atoms with Crippen LogP contribution in [0.25, 0.3) is 0 Å². The molecule has 80 valence electrons. The normalized spacial score (nSPS) is 9.73. The molecular formula is C8H9N3O4. The second kappa shape index (κ2) is 3.91. The highest BCUT2D eigenvalue weighted by atomic mass is 16.8. The summed E-state index contributed by atoms with van der Waals surface area (Å²) >= 11 is 0. The van der Waals surface area contributed by atoms with Gasteiger partial charge >= 0.3 is 0 Å². The molecule has 0 atom stereocenters. The Balaban J connectivity index is 3.18. The fourth-order valence-electron chi connectivity index (χ4n) is 1.10. The number of hydrogen-bond donors (Lipinski definition) is 0. The van der Waals surface area contributed by atoms with E-state index >= 15 is 0 Å². The summed E-state index contributed by atoms with van der Waals surface area (Å²) in [6.45, 7) is 3.55. The van der Waals surface area contributed by atoms with Gasteiger partial charge in [-0.15, -0.1) is 0 Å². The monoisotopic (exact) mass is 211 g/mol. The lowest BCUT2D eigenvalue weighted by Crippen LogP contribution is -2.35. The summed E-state index contributed by atoms with van der Waals surface area (Å²) < 4.78 is 0. The predicted octanol–water partition coefficient (Wildman–Crippen LogP) is 1.49. The zero-order valence-corrected chi connectivity index (χ0v) is 8.21. The molecule has 7 heteroatoms. The topological polar surface area (TPSA) is 89.5 Å². The lowest BCUT2D eigenvalue weighted by atomic mass is 10.1. The third-order valence-electron chi connectivity index (χ3n) is 2.03. The molecule has 1 rings (SSSR count). The molecular weight excluding hydrogens is 202 g/mol. The fraction of sp³-hybridized carbons (Fsp3) is 0.250. The zero-order chi connectivity index (χ0) is 11.6. The summed E-state index contributed by atoms with van der Waals surface area (Å²) in [5.74, 6) is 0. The van der Waals surface area contributed by atoms with Crippen molar-refractivity contribution in [2.75, 3.05) is 5.12 Å². The quantitative estimate of drug-likeness (QED) is 0.558. The van der Waals surface area contributed by atoms with Crippen LogP contribution in [0.4, 0.5) is 5.69 Å². The number of aryl methyl sites for hydroxylation is 2. The molecule has 1 aromatic carbocycles. The first kappa shape index (κ1) is 10.9. The van der Waals surface area contributed by atoms with Crippen molar-refractivity contribution < 1.29 is 10.1 Å². The minimum absolute atomic E-state index is 0.0619. The van der Waals surface area contributed by atoms with Crippen LogP contribution in [0.15, 0.2) is 18.2 Å². The maximum absolute atomic E-state index is 10.4. The highest BCUT2D eigenvalue weighted by molar-refractivity contribution is 5.46. The van der Waals surface area contributed by atoms with Gasteiger partial charge in [-0.25, -0.2) is 20.2 Å². The summed E-state index contributed by atoms with van der Waals surface area (Å²) in [6, 6.07) is 4.35. The zero-order valence-electron chi connectivity index (χ0n) is 8.21. The van der Waals surface area contributed by atoms with E-state index in [0.717, 1.165) is 11.1 Å². The Morgan fingerprint density at radius 2 is 1.60 bits per heavy atom. The van der Waals surface area contributed by atoms with Gasteiger partial charge in [-0.1, -0.05) is 6.07 Å². The van der Waals surface area contributed by atoms with Crippen LogP contribution in [-0.4, -0.2) is 10.1 Å². The molecule has 0 heterocycles. The highest BCUT2D eigenvalue weighted by Crippen LogP contribution is 2.18. The Labute approximate surface area is 85.2 Å². The predicted molar refractivity (Wildman–Crippen MR) is 52.4 cm³/mol. The largest absolute Gasteiger partial charge is 0.230 e. The van der Waals surface area contributed by atoms with Gasteiger partial charge in [-0.3, -0.25) is 0 Å². The Kier molecular flexibility index (Phi) is 2.84. The summed E-state index contributed by atoms with van der Waals surface area (Å²) in [6.07, 6.45) is 0. The third kappa shape index (κ3) is 2.19. The first-order valence-electron chi connectivity index (χ1n) is 4.09. The second-order valence-corrected chi connectivity index (χ2v) is 3.03. The summed E-state index contributed by atoms with van der Waals surface area (Å²) in [5.41, 5.74) is 1.62. The Morgan fingerprint density at radius 1 is 1.07 bits per heavy atom. The van der Waals surface area contributed by atoms with Crippen molar-refractivity contribution in [2.24, 2.45) is 0 Å². The third-order valence-corrected chi connectivity index (χ3v) is 2.03. The van der Waals surface area contributed by atoms with Crippen LogP contribution in [0, 0.1) is 34.1 Å². The maximum atomic E-state index is 10.4. The number of nitro groups is 2. The fourth-order valence-corrected chi connectivity index (χ4v) is 1.10. The Bertz CT molecular complexity index is 404. The van der Waals surface area contributed by atoms with Crippen LogP contribution >= 0.6 is 0 Å². The summed E-state index contributed by atoms with van der Waals surface area (Å²) in [7, 11) is 0. The number of rotatable bonds is 3. The van der Waals surface area contributed by atoms with Gasteiger partial charge in [-0.2, -0.15) is 0 Å². The summed E-state index contributed by atoms with van der Waals surface area (Å²) in [5, 5.41) is 18.6. The average Bonchev–Trinajstić information content (AvgIpc) is 2.10. The van der Waals surface area contributed by atoms with Crippen LogP contribution < -0.4 is 5.12 Å². The molecule has 0 aliphatic rings. The molecule has 0 saturated heterocycles. The molecule has 0 aliphatic carbocycles. The summed E-state index contributed by atoms with van der Waals surface area (Å²) in [4.78, 5) is 20.9. The molecule has 0 aromatic heterocycles.